The van der Waals surface area contributed by atoms with Crippen molar-refractivity contribution in [1.82, 2.24) is 20.1 Å². The first-order chi connectivity index (χ1) is 14.7. The molecule has 0 aliphatic carbocycles. The number of halogens is 1. The number of rotatable bonds is 5. The summed E-state index contributed by atoms with van der Waals surface area (Å²) in [5.41, 5.74) is 1.61. The van der Waals surface area contributed by atoms with E-state index in [4.69, 9.17) is 9.40 Å². The number of hydrogen-bond acceptors (Lipinski definition) is 7. The summed E-state index contributed by atoms with van der Waals surface area (Å²) in [6, 6.07) is 13.9. The molecular formula is C21H17FN4O2S2. The summed E-state index contributed by atoms with van der Waals surface area (Å²) in [5.74, 6) is 0.223. The molecule has 0 radical (unpaired) electrons. The zero-order chi connectivity index (χ0) is 20.5. The standard InChI is InChI=1S/C21H17FN4O2S2/c22-14-9-7-13(8-10-14)19-24-25-21(28-19)29-12-18(27)26-11-3-5-16(26)20-23-15-4-1-2-6-17(15)30-20/h1-2,4,6-10,16H,3,5,11-12H2/t16-/m0/s1. The van der Waals surface area contributed by atoms with Crippen LogP contribution in [-0.4, -0.2) is 38.3 Å². The van der Waals surface area contributed by atoms with Gasteiger partial charge in [0.1, 0.15) is 10.8 Å². The molecule has 0 unspecified atom stereocenters. The van der Waals surface area contributed by atoms with Gasteiger partial charge in [0, 0.05) is 12.1 Å². The van der Waals surface area contributed by atoms with Crippen LogP contribution in [0, 0.1) is 5.82 Å². The minimum atomic E-state index is -0.327. The Kier molecular flexibility index (Phi) is 5.22. The predicted octanol–water partition coefficient (Wildman–Crippen LogP) is 4.94. The smallest absolute Gasteiger partial charge is 0.277 e. The third-order valence-electron chi connectivity index (χ3n) is 4.99. The molecule has 2 aromatic heterocycles. The number of thioether (sulfide) groups is 1. The normalized spacial score (nSPS) is 16.4. The van der Waals surface area contributed by atoms with Crippen molar-refractivity contribution in [2.75, 3.05) is 12.3 Å². The SMILES string of the molecule is O=C(CSc1nnc(-c2ccc(F)cc2)o1)N1CCC[C@H]1c1nc2ccccc2s1. The van der Waals surface area contributed by atoms with Gasteiger partial charge in [-0.15, -0.1) is 21.5 Å². The average Bonchev–Trinajstić information content (AvgIpc) is 3.51. The number of likely N-dealkylation sites (tertiary alicyclic amines) is 1. The highest BCUT2D eigenvalue weighted by atomic mass is 32.2. The zero-order valence-electron chi connectivity index (χ0n) is 15.8. The van der Waals surface area contributed by atoms with Gasteiger partial charge >= 0.3 is 0 Å². The predicted molar refractivity (Wildman–Crippen MR) is 114 cm³/mol. The third kappa shape index (κ3) is 3.82. The number of thiazole rings is 1. The lowest BCUT2D eigenvalue weighted by Gasteiger charge is -2.22. The van der Waals surface area contributed by atoms with Crippen LogP contribution in [0.1, 0.15) is 23.9 Å². The number of para-hydroxylation sites is 1. The molecule has 0 saturated carbocycles. The Balaban J connectivity index is 1.25. The van der Waals surface area contributed by atoms with Gasteiger partial charge < -0.3 is 9.32 Å². The Morgan fingerprint density at radius 1 is 1.20 bits per heavy atom. The maximum Gasteiger partial charge on any atom is 0.277 e. The van der Waals surface area contributed by atoms with Crippen molar-refractivity contribution in [2.24, 2.45) is 0 Å². The molecule has 3 heterocycles. The fourth-order valence-corrected chi connectivity index (χ4v) is 5.30. The summed E-state index contributed by atoms with van der Waals surface area (Å²) in [5, 5.41) is 9.28. The van der Waals surface area contributed by atoms with Crippen LogP contribution in [0.15, 0.2) is 58.2 Å². The van der Waals surface area contributed by atoms with Crippen LogP contribution in [0.5, 0.6) is 0 Å². The number of aromatic nitrogens is 3. The fraction of sp³-hybridized carbons (Fsp3) is 0.238. The molecule has 1 aliphatic heterocycles. The van der Waals surface area contributed by atoms with Crippen molar-refractivity contribution in [3.05, 3.63) is 59.4 Å². The summed E-state index contributed by atoms with van der Waals surface area (Å²) in [6.45, 7) is 0.727. The number of carbonyl (C=O) groups is 1. The Morgan fingerprint density at radius 2 is 2.03 bits per heavy atom. The van der Waals surface area contributed by atoms with E-state index in [-0.39, 0.29) is 23.5 Å². The molecule has 2 aromatic carbocycles. The largest absolute Gasteiger partial charge is 0.411 e. The van der Waals surface area contributed by atoms with Crippen LogP contribution in [0.2, 0.25) is 0 Å². The molecule has 1 saturated heterocycles. The lowest BCUT2D eigenvalue weighted by Crippen LogP contribution is -2.31. The van der Waals surface area contributed by atoms with Gasteiger partial charge in [-0.05, 0) is 49.2 Å². The molecule has 1 fully saturated rings. The van der Waals surface area contributed by atoms with E-state index in [1.165, 1.54) is 23.9 Å². The van der Waals surface area contributed by atoms with Gasteiger partial charge in [0.2, 0.25) is 11.8 Å². The molecule has 6 nitrogen and oxygen atoms in total. The van der Waals surface area contributed by atoms with E-state index >= 15 is 0 Å². The Bertz CT molecular complexity index is 1160. The first kappa shape index (κ1) is 19.2. The highest BCUT2D eigenvalue weighted by molar-refractivity contribution is 7.99. The number of carbonyl (C=O) groups excluding carboxylic acids is 1. The lowest BCUT2D eigenvalue weighted by atomic mass is 10.2. The zero-order valence-corrected chi connectivity index (χ0v) is 17.5. The van der Waals surface area contributed by atoms with E-state index < -0.39 is 0 Å². The van der Waals surface area contributed by atoms with Crippen LogP contribution in [0.25, 0.3) is 21.7 Å². The first-order valence-electron chi connectivity index (χ1n) is 9.54. The van der Waals surface area contributed by atoms with Gasteiger partial charge in [-0.1, -0.05) is 23.9 Å². The van der Waals surface area contributed by atoms with Crippen molar-refractivity contribution in [2.45, 2.75) is 24.1 Å². The molecule has 0 N–H and O–H groups in total. The van der Waals surface area contributed by atoms with Gasteiger partial charge in [0.15, 0.2) is 0 Å². The van der Waals surface area contributed by atoms with E-state index in [1.54, 1.807) is 23.5 Å². The first-order valence-corrected chi connectivity index (χ1v) is 11.3. The molecule has 4 aromatic rings. The number of amides is 1. The van der Waals surface area contributed by atoms with E-state index in [2.05, 4.69) is 16.3 Å². The monoisotopic (exact) mass is 440 g/mol. The van der Waals surface area contributed by atoms with Crippen molar-refractivity contribution >= 4 is 39.2 Å². The quantitative estimate of drug-likeness (QED) is 0.409. The third-order valence-corrected chi connectivity index (χ3v) is 6.93. The van der Waals surface area contributed by atoms with Gasteiger partial charge in [-0.25, -0.2) is 9.37 Å². The summed E-state index contributed by atoms with van der Waals surface area (Å²) < 4.78 is 19.8. The van der Waals surface area contributed by atoms with Gasteiger partial charge in [-0.3, -0.25) is 4.79 Å². The van der Waals surface area contributed by atoms with E-state index in [0.717, 1.165) is 34.6 Å². The average molecular weight is 441 g/mol. The highest BCUT2D eigenvalue weighted by Gasteiger charge is 2.32. The van der Waals surface area contributed by atoms with E-state index in [0.29, 0.717) is 16.7 Å². The summed E-state index contributed by atoms with van der Waals surface area (Å²) >= 11 is 2.87. The molecule has 5 rings (SSSR count). The fourth-order valence-electron chi connectivity index (χ4n) is 3.54. The maximum atomic E-state index is 13.1. The number of nitrogens with zero attached hydrogens (tertiary/aromatic N) is 4. The summed E-state index contributed by atoms with van der Waals surface area (Å²) in [6.07, 6.45) is 1.89. The molecule has 9 heteroatoms. The summed E-state index contributed by atoms with van der Waals surface area (Å²) in [4.78, 5) is 19.5. The second-order valence-corrected chi connectivity index (χ2v) is 8.92. The second kappa shape index (κ2) is 8.16. The Morgan fingerprint density at radius 3 is 2.87 bits per heavy atom. The molecular weight excluding hydrogens is 423 g/mol. The Hall–Kier alpha value is -2.78. The van der Waals surface area contributed by atoms with Crippen LogP contribution in [0.3, 0.4) is 0 Å². The molecule has 1 amide bonds. The highest BCUT2D eigenvalue weighted by Crippen LogP contribution is 2.37. The van der Waals surface area contributed by atoms with Crippen LogP contribution in [-0.2, 0) is 4.79 Å². The van der Waals surface area contributed by atoms with Crippen molar-refractivity contribution in [3.63, 3.8) is 0 Å². The van der Waals surface area contributed by atoms with E-state index in [9.17, 15) is 9.18 Å². The van der Waals surface area contributed by atoms with Gasteiger partial charge in [0.05, 0.1) is 22.0 Å². The number of fused-ring (bicyclic) bond motifs is 1. The maximum absolute atomic E-state index is 13.1. The van der Waals surface area contributed by atoms with Crippen LogP contribution in [0.4, 0.5) is 4.39 Å². The van der Waals surface area contributed by atoms with Gasteiger partial charge in [0.25, 0.3) is 5.22 Å². The van der Waals surface area contributed by atoms with Crippen LogP contribution < -0.4 is 0 Å². The minimum absolute atomic E-state index is 0.0213. The molecule has 0 bridgehead atoms. The van der Waals surface area contributed by atoms with Crippen molar-refractivity contribution in [3.8, 4) is 11.5 Å². The van der Waals surface area contributed by atoms with Crippen molar-refractivity contribution in [1.29, 1.82) is 0 Å². The second-order valence-electron chi connectivity index (χ2n) is 6.93. The molecule has 30 heavy (non-hydrogen) atoms. The molecule has 152 valence electrons. The topological polar surface area (TPSA) is 72.1 Å². The van der Waals surface area contributed by atoms with Crippen molar-refractivity contribution < 1.29 is 13.6 Å². The van der Waals surface area contributed by atoms with E-state index in [1.807, 2.05) is 23.1 Å². The molecule has 0 spiro atoms. The Labute approximate surface area is 180 Å². The number of hydrogen-bond donors (Lipinski definition) is 0. The molecule has 1 atom stereocenters. The summed E-state index contributed by atoms with van der Waals surface area (Å²) in [7, 11) is 0. The molecule has 1 aliphatic rings. The number of benzene rings is 2. The lowest BCUT2D eigenvalue weighted by molar-refractivity contribution is -0.129. The van der Waals surface area contributed by atoms with Gasteiger partial charge in [-0.2, -0.15) is 0 Å². The minimum Gasteiger partial charge on any atom is -0.411 e. The van der Waals surface area contributed by atoms with Crippen LogP contribution >= 0.6 is 23.1 Å².